The van der Waals surface area contributed by atoms with E-state index in [-0.39, 0.29) is 11.4 Å². The minimum atomic E-state index is -3.32. The van der Waals surface area contributed by atoms with Gasteiger partial charge in [-0.05, 0) is 31.4 Å². The number of alkyl halides is 1. The van der Waals surface area contributed by atoms with Crippen molar-refractivity contribution in [1.29, 1.82) is 0 Å². The Morgan fingerprint density at radius 2 is 2.19 bits per heavy atom. The summed E-state index contributed by atoms with van der Waals surface area (Å²) < 4.78 is 26.9. The molecule has 1 saturated carbocycles. The van der Waals surface area contributed by atoms with Gasteiger partial charge in [-0.1, -0.05) is 6.92 Å². The summed E-state index contributed by atoms with van der Waals surface area (Å²) in [5, 5.41) is 0.127. The predicted molar refractivity (Wildman–Crippen MR) is 66.7 cm³/mol. The fraction of sp³-hybridized carbons (Fsp3) is 0.600. The second-order valence-electron chi connectivity index (χ2n) is 3.96. The lowest BCUT2D eigenvalue weighted by Gasteiger charge is -2.30. The number of rotatable bonds is 4. The van der Waals surface area contributed by atoms with Crippen LogP contribution in [-0.2, 0) is 16.4 Å². The van der Waals surface area contributed by atoms with Crippen LogP contribution in [0.3, 0.4) is 0 Å². The lowest BCUT2D eigenvalue weighted by atomic mass is 9.94. The first-order valence-electron chi connectivity index (χ1n) is 5.26. The summed E-state index contributed by atoms with van der Waals surface area (Å²) in [6.45, 7) is 2.01. The van der Waals surface area contributed by atoms with Gasteiger partial charge < -0.3 is 0 Å². The zero-order chi connectivity index (χ0) is 11.8. The molecule has 1 N–H and O–H groups in total. The number of thiophene rings is 1. The topological polar surface area (TPSA) is 46.2 Å². The SMILES string of the molecule is CCc1ccc(S(=O)(=O)NC2CC(Cl)C2)s1. The van der Waals surface area contributed by atoms with E-state index in [2.05, 4.69) is 4.72 Å². The van der Waals surface area contributed by atoms with Crippen molar-refractivity contribution in [2.45, 2.75) is 41.8 Å². The van der Waals surface area contributed by atoms with E-state index >= 15 is 0 Å². The summed E-state index contributed by atoms with van der Waals surface area (Å²) in [4.78, 5) is 1.09. The molecule has 0 spiro atoms. The number of hydrogen-bond acceptors (Lipinski definition) is 3. The maximum absolute atomic E-state index is 11.9. The highest BCUT2D eigenvalue weighted by Gasteiger charge is 2.31. The third kappa shape index (κ3) is 2.59. The van der Waals surface area contributed by atoms with Crippen molar-refractivity contribution in [3.8, 4) is 0 Å². The molecule has 90 valence electrons. The summed E-state index contributed by atoms with van der Waals surface area (Å²) in [5.74, 6) is 0. The smallest absolute Gasteiger partial charge is 0.207 e. The Balaban J connectivity index is 2.06. The monoisotopic (exact) mass is 279 g/mol. The van der Waals surface area contributed by atoms with Crippen LogP contribution in [0.25, 0.3) is 0 Å². The van der Waals surface area contributed by atoms with Crippen molar-refractivity contribution in [3.63, 3.8) is 0 Å². The van der Waals surface area contributed by atoms with Gasteiger partial charge in [-0.3, -0.25) is 0 Å². The van der Waals surface area contributed by atoms with Gasteiger partial charge in [0.15, 0.2) is 0 Å². The van der Waals surface area contributed by atoms with E-state index in [1.807, 2.05) is 13.0 Å². The molecular weight excluding hydrogens is 266 g/mol. The van der Waals surface area contributed by atoms with Crippen LogP contribution in [0.2, 0.25) is 0 Å². The highest BCUT2D eigenvalue weighted by molar-refractivity contribution is 7.91. The molecule has 0 unspecified atom stereocenters. The average Bonchev–Trinajstić information content (AvgIpc) is 2.63. The number of sulfonamides is 1. The van der Waals surface area contributed by atoms with Gasteiger partial charge in [-0.2, -0.15) is 0 Å². The molecule has 1 heterocycles. The van der Waals surface area contributed by atoms with Crippen LogP contribution in [0.1, 0.15) is 24.6 Å². The maximum Gasteiger partial charge on any atom is 0.250 e. The van der Waals surface area contributed by atoms with Gasteiger partial charge in [-0.25, -0.2) is 13.1 Å². The third-order valence-electron chi connectivity index (χ3n) is 2.65. The lowest BCUT2D eigenvalue weighted by Crippen LogP contribution is -2.44. The van der Waals surface area contributed by atoms with Crippen molar-refractivity contribution in [2.75, 3.05) is 0 Å². The van der Waals surface area contributed by atoms with E-state index in [4.69, 9.17) is 11.6 Å². The zero-order valence-electron chi connectivity index (χ0n) is 8.94. The van der Waals surface area contributed by atoms with Gasteiger partial charge in [0, 0.05) is 16.3 Å². The standard InChI is InChI=1S/C10H14ClNO2S2/c1-2-9-3-4-10(15-9)16(13,14)12-8-5-7(11)6-8/h3-4,7-8,12H,2,5-6H2,1H3. The molecule has 1 aromatic heterocycles. The number of aryl methyl sites for hydroxylation is 1. The molecule has 3 nitrogen and oxygen atoms in total. The Kier molecular flexibility index (Phi) is 3.59. The van der Waals surface area contributed by atoms with Crippen LogP contribution in [0.4, 0.5) is 0 Å². The Morgan fingerprint density at radius 1 is 1.50 bits per heavy atom. The Labute approximate surface area is 105 Å². The molecule has 0 radical (unpaired) electrons. The molecule has 16 heavy (non-hydrogen) atoms. The largest absolute Gasteiger partial charge is 0.250 e. The molecule has 0 amide bonds. The molecule has 2 rings (SSSR count). The number of nitrogens with one attached hydrogen (secondary N) is 1. The molecule has 0 aliphatic heterocycles. The maximum atomic E-state index is 11.9. The fourth-order valence-electron chi connectivity index (χ4n) is 1.61. The van der Waals surface area contributed by atoms with Gasteiger partial charge in [-0.15, -0.1) is 22.9 Å². The van der Waals surface area contributed by atoms with Crippen LogP contribution < -0.4 is 4.72 Å². The number of hydrogen-bond donors (Lipinski definition) is 1. The fourth-order valence-corrected chi connectivity index (χ4v) is 4.62. The van der Waals surface area contributed by atoms with E-state index < -0.39 is 10.0 Å². The molecule has 0 aromatic carbocycles. The first-order valence-corrected chi connectivity index (χ1v) is 8.00. The summed E-state index contributed by atoms with van der Waals surface area (Å²) >= 11 is 7.15. The van der Waals surface area contributed by atoms with Crippen molar-refractivity contribution in [3.05, 3.63) is 17.0 Å². The van der Waals surface area contributed by atoms with Gasteiger partial charge in [0.1, 0.15) is 4.21 Å². The molecule has 1 aliphatic rings. The van der Waals surface area contributed by atoms with Crippen molar-refractivity contribution < 1.29 is 8.42 Å². The summed E-state index contributed by atoms with van der Waals surface area (Å²) in [7, 11) is -3.32. The molecule has 1 aliphatic carbocycles. The highest BCUT2D eigenvalue weighted by atomic mass is 35.5. The Bertz CT molecular complexity index is 463. The Morgan fingerprint density at radius 3 is 2.69 bits per heavy atom. The minimum Gasteiger partial charge on any atom is -0.207 e. The van der Waals surface area contributed by atoms with Crippen molar-refractivity contribution >= 4 is 33.0 Å². The molecular formula is C10H14ClNO2S2. The minimum absolute atomic E-state index is 0.0136. The van der Waals surface area contributed by atoms with Gasteiger partial charge in [0.05, 0.1) is 0 Å². The first-order chi connectivity index (χ1) is 7.51. The highest BCUT2D eigenvalue weighted by Crippen LogP contribution is 2.28. The van der Waals surface area contributed by atoms with Crippen LogP contribution in [-0.4, -0.2) is 19.8 Å². The van der Waals surface area contributed by atoms with E-state index in [1.165, 1.54) is 11.3 Å². The van der Waals surface area contributed by atoms with Gasteiger partial charge in [0.2, 0.25) is 10.0 Å². The van der Waals surface area contributed by atoms with E-state index in [9.17, 15) is 8.42 Å². The van der Waals surface area contributed by atoms with Crippen molar-refractivity contribution in [2.24, 2.45) is 0 Å². The normalized spacial score (nSPS) is 25.4. The molecule has 0 saturated heterocycles. The van der Waals surface area contributed by atoms with Crippen LogP contribution in [0, 0.1) is 0 Å². The van der Waals surface area contributed by atoms with Gasteiger partial charge in [0.25, 0.3) is 0 Å². The summed E-state index contributed by atoms with van der Waals surface area (Å²) in [6.07, 6.45) is 2.33. The molecule has 0 atom stereocenters. The van der Waals surface area contributed by atoms with Crippen LogP contribution >= 0.6 is 22.9 Å². The quantitative estimate of drug-likeness (QED) is 0.860. The van der Waals surface area contributed by atoms with E-state index in [0.717, 1.165) is 24.1 Å². The zero-order valence-corrected chi connectivity index (χ0v) is 11.3. The molecule has 0 bridgehead atoms. The van der Waals surface area contributed by atoms with Crippen molar-refractivity contribution in [1.82, 2.24) is 4.72 Å². The second kappa shape index (κ2) is 4.64. The van der Waals surface area contributed by atoms with E-state index in [1.54, 1.807) is 6.07 Å². The van der Waals surface area contributed by atoms with Crippen LogP contribution in [0.5, 0.6) is 0 Å². The predicted octanol–water partition coefficient (Wildman–Crippen LogP) is 2.36. The van der Waals surface area contributed by atoms with E-state index in [0.29, 0.717) is 4.21 Å². The molecule has 1 aromatic rings. The Hall–Kier alpha value is -0.100. The molecule has 1 fully saturated rings. The van der Waals surface area contributed by atoms with Gasteiger partial charge >= 0.3 is 0 Å². The second-order valence-corrected chi connectivity index (χ2v) is 7.69. The first kappa shape index (κ1) is 12.4. The van der Waals surface area contributed by atoms with Crippen LogP contribution in [0.15, 0.2) is 16.3 Å². The third-order valence-corrected chi connectivity index (χ3v) is 6.25. The average molecular weight is 280 g/mol. The summed E-state index contributed by atoms with van der Waals surface area (Å²) in [6, 6.07) is 3.55. The number of halogens is 1. The lowest BCUT2D eigenvalue weighted by molar-refractivity contribution is 0.391. The summed E-state index contributed by atoms with van der Waals surface area (Å²) in [5.41, 5.74) is 0. The molecule has 6 heteroatoms.